The summed E-state index contributed by atoms with van der Waals surface area (Å²) in [7, 11) is 0. The number of nitrogens with zero attached hydrogens (tertiary/aromatic N) is 3. The van der Waals surface area contributed by atoms with Gasteiger partial charge in [-0.1, -0.05) is 13.8 Å². The molecule has 29 heavy (non-hydrogen) atoms. The van der Waals surface area contributed by atoms with Crippen LogP contribution in [0.5, 0.6) is 11.5 Å². The van der Waals surface area contributed by atoms with Crippen molar-refractivity contribution in [2.75, 3.05) is 5.32 Å². The average Bonchev–Trinajstić information content (AvgIpc) is 2.70. The smallest absolute Gasteiger partial charge is 0.327 e. The fraction of sp³-hybridized carbons (Fsp3) is 0.190. The molecule has 0 saturated carbocycles. The summed E-state index contributed by atoms with van der Waals surface area (Å²) < 4.78 is 5.81. The summed E-state index contributed by atoms with van der Waals surface area (Å²) >= 11 is 0. The number of ether oxygens (including phenoxy) is 1. The molecular formula is C21H21N5O3. The number of hydrogen-bond acceptors (Lipinski definition) is 6. The molecule has 0 unspecified atom stereocenters. The van der Waals surface area contributed by atoms with Crippen LogP contribution < -0.4 is 15.4 Å². The number of aromatic nitrogens is 3. The van der Waals surface area contributed by atoms with Gasteiger partial charge in [-0.3, -0.25) is 25.4 Å². The standard InChI is InChI=1S/C21H21N5O3/c1-13(2)20(27)26-21(28)25-19-7-6-17(12-24-19)29-16-8-9-22-18(10-16)15-5-4-14(3)23-11-15/h4-13H,1-3H3,(H2,24,25,26,27,28). The Morgan fingerprint density at radius 1 is 0.966 bits per heavy atom. The summed E-state index contributed by atoms with van der Waals surface area (Å²) in [6.45, 7) is 5.33. The quantitative estimate of drug-likeness (QED) is 0.682. The molecule has 3 amide bonds. The minimum Gasteiger partial charge on any atom is -0.456 e. The topological polar surface area (TPSA) is 106 Å². The fourth-order valence-electron chi connectivity index (χ4n) is 2.31. The largest absolute Gasteiger partial charge is 0.456 e. The number of amides is 3. The van der Waals surface area contributed by atoms with E-state index in [1.807, 2.05) is 25.1 Å². The zero-order valence-corrected chi connectivity index (χ0v) is 16.3. The van der Waals surface area contributed by atoms with E-state index >= 15 is 0 Å². The molecule has 3 aromatic rings. The highest BCUT2D eigenvalue weighted by atomic mass is 16.5. The van der Waals surface area contributed by atoms with Crippen LogP contribution in [0, 0.1) is 12.8 Å². The molecule has 3 rings (SSSR count). The Morgan fingerprint density at radius 3 is 2.45 bits per heavy atom. The van der Waals surface area contributed by atoms with Crippen LogP contribution >= 0.6 is 0 Å². The minimum atomic E-state index is -0.629. The van der Waals surface area contributed by atoms with Gasteiger partial charge in [-0.2, -0.15) is 0 Å². The highest BCUT2D eigenvalue weighted by Gasteiger charge is 2.12. The Kier molecular flexibility index (Phi) is 6.13. The number of urea groups is 1. The predicted molar refractivity (Wildman–Crippen MR) is 109 cm³/mol. The number of hydrogen-bond donors (Lipinski definition) is 2. The minimum absolute atomic E-state index is 0.287. The van der Waals surface area contributed by atoms with Crippen LogP contribution in [-0.2, 0) is 4.79 Å². The van der Waals surface area contributed by atoms with Gasteiger partial charge in [0, 0.05) is 35.6 Å². The van der Waals surface area contributed by atoms with Gasteiger partial charge in [-0.15, -0.1) is 0 Å². The molecule has 0 aliphatic rings. The van der Waals surface area contributed by atoms with E-state index in [2.05, 4.69) is 25.6 Å². The lowest BCUT2D eigenvalue weighted by atomic mass is 10.2. The normalized spacial score (nSPS) is 10.5. The van der Waals surface area contributed by atoms with Crippen LogP contribution in [0.25, 0.3) is 11.3 Å². The number of carbonyl (C=O) groups excluding carboxylic acids is 2. The van der Waals surface area contributed by atoms with Crippen LogP contribution in [0.1, 0.15) is 19.5 Å². The number of aryl methyl sites for hydroxylation is 1. The molecule has 0 spiro atoms. The van der Waals surface area contributed by atoms with Crippen molar-refractivity contribution in [3.63, 3.8) is 0 Å². The van der Waals surface area contributed by atoms with Gasteiger partial charge < -0.3 is 4.74 Å². The van der Waals surface area contributed by atoms with Gasteiger partial charge >= 0.3 is 6.03 Å². The second kappa shape index (κ2) is 8.92. The van der Waals surface area contributed by atoms with Gasteiger partial charge in [0.15, 0.2) is 0 Å². The number of nitrogens with one attached hydrogen (secondary N) is 2. The van der Waals surface area contributed by atoms with E-state index in [0.717, 1.165) is 17.0 Å². The Labute approximate surface area is 168 Å². The van der Waals surface area contributed by atoms with Gasteiger partial charge in [-0.05, 0) is 37.3 Å². The Balaban J connectivity index is 1.64. The molecular weight excluding hydrogens is 370 g/mol. The van der Waals surface area contributed by atoms with Gasteiger partial charge in [0.1, 0.15) is 17.3 Å². The Bertz CT molecular complexity index is 1000. The second-order valence-electron chi connectivity index (χ2n) is 6.64. The summed E-state index contributed by atoms with van der Waals surface area (Å²) in [5.41, 5.74) is 2.57. The van der Waals surface area contributed by atoms with E-state index < -0.39 is 6.03 Å². The number of anilines is 1. The van der Waals surface area contributed by atoms with E-state index in [-0.39, 0.29) is 11.8 Å². The van der Waals surface area contributed by atoms with Crippen molar-refractivity contribution in [2.24, 2.45) is 5.92 Å². The lowest BCUT2D eigenvalue weighted by Gasteiger charge is -2.09. The van der Waals surface area contributed by atoms with E-state index in [9.17, 15) is 9.59 Å². The molecule has 8 heteroatoms. The van der Waals surface area contributed by atoms with Crippen LogP contribution in [-0.4, -0.2) is 26.9 Å². The van der Waals surface area contributed by atoms with Gasteiger partial charge in [0.2, 0.25) is 5.91 Å². The van der Waals surface area contributed by atoms with Crippen LogP contribution in [0.4, 0.5) is 10.6 Å². The molecule has 0 radical (unpaired) electrons. The molecule has 148 valence electrons. The zero-order chi connectivity index (χ0) is 20.8. The number of rotatable bonds is 5. The first kappa shape index (κ1) is 19.9. The Hall–Kier alpha value is -3.81. The monoisotopic (exact) mass is 391 g/mol. The first-order valence-electron chi connectivity index (χ1n) is 9.05. The first-order chi connectivity index (χ1) is 13.9. The van der Waals surface area contributed by atoms with Crippen molar-refractivity contribution in [3.8, 4) is 22.8 Å². The highest BCUT2D eigenvalue weighted by Crippen LogP contribution is 2.25. The predicted octanol–water partition coefficient (Wildman–Crippen LogP) is 3.94. The van der Waals surface area contributed by atoms with Crippen molar-refractivity contribution in [1.29, 1.82) is 0 Å². The molecule has 0 aliphatic heterocycles. The maximum Gasteiger partial charge on any atom is 0.327 e. The van der Waals surface area contributed by atoms with Crippen molar-refractivity contribution in [2.45, 2.75) is 20.8 Å². The molecule has 3 heterocycles. The van der Waals surface area contributed by atoms with Gasteiger partial charge in [0.05, 0.1) is 11.9 Å². The van der Waals surface area contributed by atoms with E-state index in [1.54, 1.807) is 44.4 Å². The first-order valence-corrected chi connectivity index (χ1v) is 9.05. The summed E-state index contributed by atoms with van der Waals surface area (Å²) in [4.78, 5) is 36.0. The lowest BCUT2D eigenvalue weighted by molar-refractivity contribution is -0.122. The van der Waals surface area contributed by atoms with Crippen molar-refractivity contribution < 1.29 is 14.3 Å². The summed E-state index contributed by atoms with van der Waals surface area (Å²) in [6, 6.07) is 10.0. The van der Waals surface area contributed by atoms with Gasteiger partial charge in [0.25, 0.3) is 0 Å². The molecule has 0 aliphatic carbocycles. The third kappa shape index (κ3) is 5.58. The van der Waals surface area contributed by atoms with Crippen molar-refractivity contribution >= 4 is 17.8 Å². The third-order valence-corrected chi connectivity index (χ3v) is 3.91. The second-order valence-corrected chi connectivity index (χ2v) is 6.64. The zero-order valence-electron chi connectivity index (χ0n) is 16.3. The van der Waals surface area contributed by atoms with Crippen molar-refractivity contribution in [3.05, 3.63) is 60.7 Å². The van der Waals surface area contributed by atoms with Crippen LogP contribution in [0.15, 0.2) is 55.0 Å². The number of pyridine rings is 3. The maximum atomic E-state index is 11.8. The molecule has 0 fully saturated rings. The van der Waals surface area contributed by atoms with Crippen LogP contribution in [0.3, 0.4) is 0 Å². The molecule has 3 aromatic heterocycles. The molecule has 8 nitrogen and oxygen atoms in total. The number of carbonyl (C=O) groups is 2. The average molecular weight is 391 g/mol. The summed E-state index contributed by atoms with van der Waals surface area (Å²) in [5.74, 6) is 0.740. The SMILES string of the molecule is Cc1ccc(-c2cc(Oc3ccc(NC(=O)NC(=O)C(C)C)nc3)ccn2)cn1. The molecule has 0 bridgehead atoms. The van der Waals surface area contributed by atoms with E-state index in [4.69, 9.17) is 4.74 Å². The molecule has 0 saturated heterocycles. The summed E-state index contributed by atoms with van der Waals surface area (Å²) in [5, 5.41) is 4.73. The molecule has 2 N–H and O–H groups in total. The molecule has 0 aromatic carbocycles. The lowest BCUT2D eigenvalue weighted by Crippen LogP contribution is -2.37. The molecule has 0 atom stereocenters. The van der Waals surface area contributed by atoms with Crippen molar-refractivity contribution in [1.82, 2.24) is 20.3 Å². The van der Waals surface area contributed by atoms with E-state index in [1.165, 1.54) is 6.20 Å². The van der Waals surface area contributed by atoms with Gasteiger partial charge in [-0.25, -0.2) is 9.78 Å². The third-order valence-electron chi connectivity index (χ3n) is 3.91. The maximum absolute atomic E-state index is 11.8. The van der Waals surface area contributed by atoms with E-state index in [0.29, 0.717) is 17.3 Å². The highest BCUT2D eigenvalue weighted by molar-refractivity contribution is 6.01. The fourth-order valence-corrected chi connectivity index (χ4v) is 2.31. The summed E-state index contributed by atoms with van der Waals surface area (Å²) in [6.07, 6.45) is 4.90. The number of imide groups is 1. The van der Waals surface area contributed by atoms with Crippen LogP contribution in [0.2, 0.25) is 0 Å². The Morgan fingerprint density at radius 2 is 1.79 bits per heavy atom.